The van der Waals surface area contributed by atoms with Gasteiger partial charge in [-0.05, 0) is 12.1 Å². The molecule has 0 spiro atoms. The molecule has 0 aliphatic heterocycles. The van der Waals surface area contributed by atoms with Crippen LogP contribution < -0.4 is 5.32 Å². The fourth-order valence-corrected chi connectivity index (χ4v) is 2.56. The van der Waals surface area contributed by atoms with Crippen LogP contribution in [0.15, 0.2) is 35.2 Å². The van der Waals surface area contributed by atoms with Crippen molar-refractivity contribution in [3.05, 3.63) is 35.3 Å². The van der Waals surface area contributed by atoms with Gasteiger partial charge < -0.3 is 0 Å². The molecule has 0 unspecified atom stereocenters. The van der Waals surface area contributed by atoms with Crippen LogP contribution in [0.1, 0.15) is 5.01 Å². The predicted octanol–water partition coefficient (Wildman–Crippen LogP) is 3.29. The van der Waals surface area contributed by atoms with Crippen LogP contribution in [-0.2, 0) is 11.0 Å². The quantitative estimate of drug-likeness (QED) is 0.879. The lowest BCUT2D eigenvalue weighted by Crippen LogP contribution is -2.13. The number of amides is 1. The van der Waals surface area contributed by atoms with E-state index in [9.17, 15) is 18.0 Å². The van der Waals surface area contributed by atoms with Crippen molar-refractivity contribution in [2.24, 2.45) is 0 Å². The van der Waals surface area contributed by atoms with Gasteiger partial charge in [-0.2, -0.15) is 13.2 Å². The van der Waals surface area contributed by atoms with Crippen LogP contribution in [0, 0.1) is 0 Å². The van der Waals surface area contributed by atoms with E-state index in [2.05, 4.69) is 15.5 Å². The number of alkyl halides is 3. The van der Waals surface area contributed by atoms with Crippen molar-refractivity contribution in [2.75, 3.05) is 11.1 Å². The molecule has 2 aromatic rings. The summed E-state index contributed by atoms with van der Waals surface area (Å²) in [7, 11) is 0. The molecule has 1 amide bonds. The second kappa shape index (κ2) is 6.23. The fraction of sp³-hybridized carbons (Fsp3) is 0.182. The lowest BCUT2D eigenvalue weighted by Gasteiger charge is -2.01. The van der Waals surface area contributed by atoms with Gasteiger partial charge in [0.05, 0.1) is 5.75 Å². The third kappa shape index (κ3) is 4.20. The van der Waals surface area contributed by atoms with E-state index < -0.39 is 17.1 Å². The number of benzene rings is 1. The summed E-state index contributed by atoms with van der Waals surface area (Å²) in [5.74, 6) is -0.339. The van der Waals surface area contributed by atoms with Crippen LogP contribution >= 0.6 is 23.1 Å². The SMILES string of the molecule is O=C(CSc1ccccc1)Nc1nnc(C(F)(F)F)s1. The van der Waals surface area contributed by atoms with Crippen molar-refractivity contribution >= 4 is 34.1 Å². The third-order valence-corrected chi connectivity index (χ3v) is 3.92. The maximum atomic E-state index is 12.3. The monoisotopic (exact) mass is 319 g/mol. The largest absolute Gasteiger partial charge is 0.445 e. The molecule has 1 aromatic carbocycles. The summed E-state index contributed by atoms with van der Waals surface area (Å²) in [4.78, 5) is 12.5. The van der Waals surface area contributed by atoms with E-state index in [1.807, 2.05) is 30.3 Å². The number of thioether (sulfide) groups is 1. The van der Waals surface area contributed by atoms with Gasteiger partial charge in [0.2, 0.25) is 16.0 Å². The molecule has 0 saturated carbocycles. The Morgan fingerprint density at radius 3 is 2.55 bits per heavy atom. The van der Waals surface area contributed by atoms with Gasteiger partial charge in [0, 0.05) is 4.90 Å². The Balaban J connectivity index is 1.87. The first kappa shape index (κ1) is 14.8. The molecule has 2 rings (SSSR count). The summed E-state index contributed by atoms with van der Waals surface area (Å²) >= 11 is 1.58. The van der Waals surface area contributed by atoms with E-state index in [1.54, 1.807) is 0 Å². The maximum Gasteiger partial charge on any atom is 0.445 e. The Morgan fingerprint density at radius 1 is 1.25 bits per heavy atom. The van der Waals surface area contributed by atoms with Gasteiger partial charge in [-0.15, -0.1) is 22.0 Å². The minimum absolute atomic E-state index is 0.0882. The lowest BCUT2D eigenvalue weighted by atomic mass is 10.4. The molecule has 0 aliphatic carbocycles. The molecule has 0 radical (unpaired) electrons. The van der Waals surface area contributed by atoms with Gasteiger partial charge in [-0.25, -0.2) is 0 Å². The maximum absolute atomic E-state index is 12.3. The van der Waals surface area contributed by atoms with Gasteiger partial charge in [0.1, 0.15) is 0 Å². The predicted molar refractivity (Wildman–Crippen MR) is 70.7 cm³/mol. The molecular weight excluding hydrogens is 311 g/mol. The Morgan fingerprint density at radius 2 is 1.95 bits per heavy atom. The highest BCUT2D eigenvalue weighted by Crippen LogP contribution is 2.33. The summed E-state index contributed by atoms with van der Waals surface area (Å²) < 4.78 is 36.9. The van der Waals surface area contributed by atoms with Crippen LogP contribution in [-0.4, -0.2) is 21.9 Å². The highest BCUT2D eigenvalue weighted by atomic mass is 32.2. The molecule has 1 heterocycles. The Hall–Kier alpha value is -1.61. The van der Waals surface area contributed by atoms with Crippen molar-refractivity contribution in [3.8, 4) is 0 Å². The van der Waals surface area contributed by atoms with Gasteiger partial charge >= 0.3 is 6.18 Å². The third-order valence-electron chi connectivity index (χ3n) is 2.03. The topological polar surface area (TPSA) is 54.9 Å². The zero-order valence-electron chi connectivity index (χ0n) is 9.85. The van der Waals surface area contributed by atoms with Crippen LogP contribution in [0.25, 0.3) is 0 Å². The van der Waals surface area contributed by atoms with Gasteiger partial charge in [-0.1, -0.05) is 29.5 Å². The van der Waals surface area contributed by atoms with Gasteiger partial charge in [0.15, 0.2) is 0 Å². The Kier molecular flexibility index (Phi) is 4.61. The van der Waals surface area contributed by atoms with Crippen LogP contribution in [0.3, 0.4) is 0 Å². The van der Waals surface area contributed by atoms with E-state index in [0.29, 0.717) is 11.3 Å². The van der Waals surface area contributed by atoms with Crippen LogP contribution in [0.2, 0.25) is 0 Å². The molecule has 0 aliphatic rings. The highest BCUT2D eigenvalue weighted by Gasteiger charge is 2.35. The first-order valence-corrected chi connectivity index (χ1v) is 7.14. The van der Waals surface area contributed by atoms with Crippen LogP contribution in [0.4, 0.5) is 18.3 Å². The average molecular weight is 319 g/mol. The minimum atomic E-state index is -4.54. The van der Waals surface area contributed by atoms with Crippen molar-refractivity contribution in [1.29, 1.82) is 0 Å². The number of nitrogens with one attached hydrogen (secondary N) is 1. The summed E-state index contributed by atoms with van der Waals surface area (Å²) in [6.45, 7) is 0. The van der Waals surface area contributed by atoms with E-state index >= 15 is 0 Å². The van der Waals surface area contributed by atoms with Gasteiger partial charge in [-0.3, -0.25) is 10.1 Å². The highest BCUT2D eigenvalue weighted by molar-refractivity contribution is 8.00. The molecular formula is C11H8F3N3OS2. The lowest BCUT2D eigenvalue weighted by molar-refractivity contribution is -0.138. The van der Waals surface area contributed by atoms with E-state index in [4.69, 9.17) is 0 Å². The average Bonchev–Trinajstić information content (AvgIpc) is 2.86. The number of aromatic nitrogens is 2. The number of hydrogen-bond donors (Lipinski definition) is 1. The normalized spacial score (nSPS) is 11.3. The summed E-state index contributed by atoms with van der Waals surface area (Å²) in [5.41, 5.74) is 0. The summed E-state index contributed by atoms with van der Waals surface area (Å²) in [6, 6.07) is 9.19. The molecule has 9 heteroatoms. The molecule has 0 saturated heterocycles. The molecule has 0 bridgehead atoms. The molecule has 20 heavy (non-hydrogen) atoms. The number of carbonyl (C=O) groups is 1. The number of halogens is 3. The molecule has 0 fully saturated rings. The zero-order valence-corrected chi connectivity index (χ0v) is 11.5. The number of carbonyl (C=O) groups excluding carboxylic acids is 1. The van der Waals surface area contributed by atoms with Gasteiger partial charge in [0.25, 0.3) is 0 Å². The fourth-order valence-electron chi connectivity index (χ4n) is 1.21. The first-order chi connectivity index (χ1) is 9.45. The number of nitrogens with zero attached hydrogens (tertiary/aromatic N) is 2. The standard InChI is InChI=1S/C11H8F3N3OS2/c12-11(13,14)9-16-17-10(20-9)15-8(18)6-19-7-4-2-1-3-5-7/h1-5H,6H2,(H,15,17,18). The van der Waals surface area contributed by atoms with Crippen molar-refractivity contribution in [2.45, 2.75) is 11.1 Å². The van der Waals surface area contributed by atoms with Crippen molar-refractivity contribution in [1.82, 2.24) is 10.2 Å². The molecule has 0 atom stereocenters. The zero-order chi connectivity index (χ0) is 14.6. The number of rotatable bonds is 4. The minimum Gasteiger partial charge on any atom is -0.300 e. The molecule has 106 valence electrons. The summed E-state index contributed by atoms with van der Waals surface area (Å²) in [5, 5.41) is 7.32. The molecule has 1 N–H and O–H groups in total. The smallest absolute Gasteiger partial charge is 0.300 e. The van der Waals surface area contributed by atoms with Crippen molar-refractivity contribution in [3.63, 3.8) is 0 Å². The first-order valence-electron chi connectivity index (χ1n) is 5.33. The van der Waals surface area contributed by atoms with Crippen molar-refractivity contribution < 1.29 is 18.0 Å². The Labute approximate surface area is 120 Å². The number of anilines is 1. The second-order valence-corrected chi connectivity index (χ2v) is 5.59. The molecule has 1 aromatic heterocycles. The van der Waals surface area contributed by atoms with E-state index in [0.717, 1.165) is 4.90 Å². The Bertz CT molecular complexity index is 586. The number of hydrogen-bond acceptors (Lipinski definition) is 5. The summed E-state index contributed by atoms with van der Waals surface area (Å²) in [6.07, 6.45) is -4.54. The molecule has 4 nitrogen and oxygen atoms in total. The second-order valence-electron chi connectivity index (χ2n) is 3.56. The van der Waals surface area contributed by atoms with Crippen LogP contribution in [0.5, 0.6) is 0 Å². The van der Waals surface area contributed by atoms with E-state index in [-0.39, 0.29) is 10.9 Å². The van der Waals surface area contributed by atoms with E-state index in [1.165, 1.54) is 11.8 Å².